The van der Waals surface area contributed by atoms with Gasteiger partial charge in [-0.25, -0.2) is 8.42 Å². The Morgan fingerprint density at radius 3 is 2.35 bits per heavy atom. The van der Waals surface area contributed by atoms with Gasteiger partial charge in [0.2, 0.25) is 11.8 Å². The molecule has 0 saturated carbocycles. The molecule has 1 atom stereocenters. The van der Waals surface area contributed by atoms with Crippen LogP contribution in [0.5, 0.6) is 0 Å². The van der Waals surface area contributed by atoms with Crippen molar-refractivity contribution >= 4 is 32.6 Å². The molecule has 1 aliphatic rings. The summed E-state index contributed by atoms with van der Waals surface area (Å²) in [4.78, 5) is 27.0. The van der Waals surface area contributed by atoms with Crippen LogP contribution in [-0.2, 0) is 26.0 Å². The molecule has 31 heavy (non-hydrogen) atoms. The molecule has 162 valence electrons. The molecular formula is C23H25N3O4S. The minimum Gasteiger partial charge on any atom is -0.343 e. The van der Waals surface area contributed by atoms with E-state index in [1.54, 1.807) is 6.92 Å². The normalized spacial score (nSPS) is 16.7. The lowest BCUT2D eigenvalue weighted by Crippen LogP contribution is -2.52. The lowest BCUT2D eigenvalue weighted by atomic mass is 10.1. The molecule has 2 heterocycles. The van der Waals surface area contributed by atoms with Gasteiger partial charge in [-0.2, -0.15) is 0 Å². The monoisotopic (exact) mass is 439 g/mol. The second-order valence-electron chi connectivity index (χ2n) is 7.81. The molecule has 7 nitrogen and oxygen atoms in total. The maximum absolute atomic E-state index is 12.8. The van der Waals surface area contributed by atoms with Crippen molar-refractivity contribution in [1.82, 2.24) is 14.8 Å². The molecule has 4 rings (SSSR count). The van der Waals surface area contributed by atoms with Crippen molar-refractivity contribution in [3.8, 4) is 11.3 Å². The van der Waals surface area contributed by atoms with E-state index >= 15 is 0 Å². The topological polar surface area (TPSA) is 88.5 Å². The molecule has 1 aromatic heterocycles. The van der Waals surface area contributed by atoms with Crippen LogP contribution in [0.4, 0.5) is 0 Å². The summed E-state index contributed by atoms with van der Waals surface area (Å²) in [5.41, 5.74) is 2.87. The summed E-state index contributed by atoms with van der Waals surface area (Å²) >= 11 is 0. The van der Waals surface area contributed by atoms with Crippen molar-refractivity contribution < 1.29 is 18.0 Å². The fraction of sp³-hybridized carbons (Fsp3) is 0.304. The van der Waals surface area contributed by atoms with Crippen LogP contribution < -0.4 is 5.32 Å². The largest absolute Gasteiger partial charge is 0.343 e. The van der Waals surface area contributed by atoms with Gasteiger partial charge in [-0.15, -0.1) is 0 Å². The Balaban J connectivity index is 1.50. The van der Waals surface area contributed by atoms with Gasteiger partial charge in [-0.3, -0.25) is 9.59 Å². The predicted octanol–water partition coefficient (Wildman–Crippen LogP) is 2.07. The number of para-hydroxylation sites is 1. The fourth-order valence-corrected chi connectivity index (χ4v) is 5.13. The third-order valence-corrected chi connectivity index (χ3v) is 7.20. The summed E-state index contributed by atoms with van der Waals surface area (Å²) in [7, 11) is -3.07. The van der Waals surface area contributed by atoms with Crippen molar-refractivity contribution in [3.05, 3.63) is 60.7 Å². The quantitative estimate of drug-likeness (QED) is 0.659. The first kappa shape index (κ1) is 21.1. The smallest absolute Gasteiger partial charge is 0.244 e. The Bertz CT molecular complexity index is 1200. The second-order valence-corrected chi connectivity index (χ2v) is 10.1. The van der Waals surface area contributed by atoms with Gasteiger partial charge >= 0.3 is 0 Å². The zero-order valence-corrected chi connectivity index (χ0v) is 18.1. The van der Waals surface area contributed by atoms with Crippen LogP contribution >= 0.6 is 0 Å². The number of nitrogens with one attached hydrogen (secondary N) is 1. The molecule has 8 heteroatoms. The van der Waals surface area contributed by atoms with Crippen LogP contribution in [0.25, 0.3) is 22.2 Å². The molecule has 1 N–H and O–H groups in total. The third kappa shape index (κ3) is 4.64. The van der Waals surface area contributed by atoms with Crippen LogP contribution in [0, 0.1) is 0 Å². The van der Waals surface area contributed by atoms with Gasteiger partial charge in [0.05, 0.1) is 11.5 Å². The van der Waals surface area contributed by atoms with E-state index in [4.69, 9.17) is 0 Å². The molecule has 0 aliphatic carbocycles. The SMILES string of the molecule is CC(NC(=O)Cn1c(-c2ccccc2)cc2ccccc21)C(=O)N1CCS(=O)(=O)CC1. The van der Waals surface area contributed by atoms with Crippen molar-refractivity contribution in [1.29, 1.82) is 0 Å². The zero-order valence-electron chi connectivity index (χ0n) is 17.3. The van der Waals surface area contributed by atoms with Crippen LogP contribution in [0.1, 0.15) is 6.92 Å². The Morgan fingerprint density at radius 2 is 1.65 bits per heavy atom. The summed E-state index contributed by atoms with van der Waals surface area (Å²) in [6, 6.07) is 19.1. The standard InChI is InChI=1S/C23H25N3O4S/c1-17(23(28)25-11-13-31(29,30)14-12-25)24-22(27)16-26-20-10-6-5-9-19(20)15-21(26)18-7-3-2-4-8-18/h2-10,15,17H,11-14,16H2,1H3,(H,24,27). The first-order valence-electron chi connectivity index (χ1n) is 10.3. The van der Waals surface area contributed by atoms with Crippen molar-refractivity contribution in [3.63, 3.8) is 0 Å². The molecule has 0 spiro atoms. The molecule has 3 aromatic rings. The predicted molar refractivity (Wildman–Crippen MR) is 120 cm³/mol. The number of hydrogen-bond donors (Lipinski definition) is 1. The molecule has 1 aliphatic heterocycles. The Kier molecular flexibility index (Phi) is 5.82. The highest BCUT2D eigenvalue weighted by atomic mass is 32.2. The van der Waals surface area contributed by atoms with Crippen LogP contribution in [0.3, 0.4) is 0 Å². The second kappa shape index (κ2) is 8.55. The number of benzene rings is 2. The van der Waals surface area contributed by atoms with Gasteiger partial charge in [-0.1, -0.05) is 48.5 Å². The first-order chi connectivity index (χ1) is 14.8. The average molecular weight is 440 g/mol. The van der Waals surface area contributed by atoms with Crippen LogP contribution in [0.2, 0.25) is 0 Å². The van der Waals surface area contributed by atoms with E-state index in [2.05, 4.69) is 11.4 Å². The fourth-order valence-electron chi connectivity index (χ4n) is 3.93. The molecule has 2 aromatic carbocycles. The maximum atomic E-state index is 12.8. The Morgan fingerprint density at radius 1 is 1.00 bits per heavy atom. The molecule has 0 bridgehead atoms. The molecule has 1 saturated heterocycles. The summed E-state index contributed by atoms with van der Waals surface area (Å²) in [5.74, 6) is -0.599. The van der Waals surface area contributed by atoms with Crippen molar-refractivity contribution in [2.24, 2.45) is 0 Å². The number of nitrogens with zero attached hydrogens (tertiary/aromatic N) is 2. The number of amides is 2. The summed E-state index contributed by atoms with van der Waals surface area (Å²) in [6.45, 7) is 2.04. The first-order valence-corrected chi connectivity index (χ1v) is 12.1. The maximum Gasteiger partial charge on any atom is 0.244 e. The number of carbonyl (C=O) groups is 2. The summed E-state index contributed by atoms with van der Waals surface area (Å²) in [5, 5.41) is 3.81. The number of rotatable bonds is 5. The Labute approximate surface area is 181 Å². The highest BCUT2D eigenvalue weighted by Crippen LogP contribution is 2.28. The third-order valence-electron chi connectivity index (χ3n) is 5.59. The van der Waals surface area contributed by atoms with E-state index in [1.807, 2.05) is 59.2 Å². The molecule has 1 fully saturated rings. The number of sulfone groups is 1. The number of hydrogen-bond acceptors (Lipinski definition) is 4. The average Bonchev–Trinajstić information content (AvgIpc) is 3.12. The minimum atomic E-state index is -3.07. The van der Waals surface area contributed by atoms with E-state index in [0.29, 0.717) is 0 Å². The number of carbonyl (C=O) groups excluding carboxylic acids is 2. The van der Waals surface area contributed by atoms with E-state index < -0.39 is 15.9 Å². The number of fused-ring (bicyclic) bond motifs is 1. The van der Waals surface area contributed by atoms with E-state index in [9.17, 15) is 18.0 Å². The Hall–Kier alpha value is -3.13. The van der Waals surface area contributed by atoms with Gasteiger partial charge in [0.15, 0.2) is 9.84 Å². The molecule has 2 amide bonds. The van der Waals surface area contributed by atoms with Gasteiger partial charge < -0.3 is 14.8 Å². The van der Waals surface area contributed by atoms with Crippen molar-refractivity contribution in [2.45, 2.75) is 19.5 Å². The van der Waals surface area contributed by atoms with Crippen LogP contribution in [-0.4, -0.2) is 60.3 Å². The molecular weight excluding hydrogens is 414 g/mol. The van der Waals surface area contributed by atoms with E-state index in [1.165, 1.54) is 4.90 Å². The van der Waals surface area contributed by atoms with Gasteiger partial charge in [0, 0.05) is 29.7 Å². The zero-order chi connectivity index (χ0) is 22.0. The highest BCUT2D eigenvalue weighted by molar-refractivity contribution is 7.91. The van der Waals surface area contributed by atoms with E-state index in [-0.39, 0.29) is 43.0 Å². The number of aromatic nitrogens is 1. The molecule has 1 unspecified atom stereocenters. The van der Waals surface area contributed by atoms with E-state index in [0.717, 1.165) is 22.2 Å². The molecule has 0 radical (unpaired) electrons. The summed E-state index contributed by atoms with van der Waals surface area (Å²) in [6.07, 6.45) is 0. The van der Waals surface area contributed by atoms with Crippen molar-refractivity contribution in [2.75, 3.05) is 24.6 Å². The lowest BCUT2D eigenvalue weighted by molar-refractivity contribution is -0.135. The summed E-state index contributed by atoms with van der Waals surface area (Å²) < 4.78 is 25.1. The van der Waals surface area contributed by atoms with Crippen LogP contribution in [0.15, 0.2) is 60.7 Å². The van der Waals surface area contributed by atoms with Gasteiger partial charge in [-0.05, 0) is 24.6 Å². The lowest BCUT2D eigenvalue weighted by Gasteiger charge is -2.29. The van der Waals surface area contributed by atoms with Gasteiger partial charge in [0.25, 0.3) is 0 Å². The van der Waals surface area contributed by atoms with Gasteiger partial charge in [0.1, 0.15) is 12.6 Å². The highest BCUT2D eigenvalue weighted by Gasteiger charge is 2.28. The minimum absolute atomic E-state index is 0.0325.